The van der Waals surface area contributed by atoms with E-state index < -0.39 is 0 Å². The van der Waals surface area contributed by atoms with E-state index in [-0.39, 0.29) is 16.9 Å². The minimum absolute atomic E-state index is 0.126. The Morgan fingerprint density at radius 3 is 1.52 bits per heavy atom. The third-order valence-electron chi connectivity index (χ3n) is 5.57. The van der Waals surface area contributed by atoms with Gasteiger partial charge in [-0.15, -0.1) is 0 Å². The Balaban J connectivity index is 2.30. The Morgan fingerprint density at radius 1 is 0.760 bits per heavy atom. The number of rotatable bonds is 6. The highest BCUT2D eigenvalue weighted by molar-refractivity contribution is 5.87. The second kappa shape index (κ2) is 6.51. The van der Waals surface area contributed by atoms with E-state index in [4.69, 9.17) is 11.5 Å². The Kier molecular flexibility index (Phi) is 4.55. The molecule has 0 spiro atoms. The van der Waals surface area contributed by atoms with Gasteiger partial charge in [-0.1, -0.05) is 39.5 Å². The zero-order valence-corrected chi connectivity index (χ0v) is 15.1. The number of aromatic hydroxyl groups is 2. The first kappa shape index (κ1) is 17.5. The monoisotopic (exact) mass is 340 g/mol. The van der Waals surface area contributed by atoms with Crippen LogP contribution in [-0.2, 0) is 5.41 Å². The SMILES string of the molecule is CCCCC1(CCCC)c2cc(O)c(N)cc2-c2cc(N)c(O)cc21. The van der Waals surface area contributed by atoms with Gasteiger partial charge in [0.1, 0.15) is 11.5 Å². The summed E-state index contributed by atoms with van der Waals surface area (Å²) in [6.45, 7) is 4.37. The molecule has 6 N–H and O–H groups in total. The molecule has 25 heavy (non-hydrogen) atoms. The molecule has 2 aromatic rings. The largest absolute Gasteiger partial charge is 0.506 e. The first-order chi connectivity index (χ1) is 11.9. The normalized spacial score (nSPS) is 14.3. The molecule has 0 atom stereocenters. The Bertz CT molecular complexity index is 731. The molecule has 4 heteroatoms. The van der Waals surface area contributed by atoms with Crippen molar-refractivity contribution in [2.24, 2.45) is 0 Å². The summed E-state index contributed by atoms with van der Waals surface area (Å²) in [7, 11) is 0. The van der Waals surface area contributed by atoms with E-state index in [2.05, 4.69) is 13.8 Å². The van der Waals surface area contributed by atoms with Crippen molar-refractivity contribution in [3.8, 4) is 22.6 Å². The molecule has 0 fully saturated rings. The fourth-order valence-corrected chi connectivity index (χ4v) is 4.21. The van der Waals surface area contributed by atoms with Gasteiger partial charge < -0.3 is 21.7 Å². The van der Waals surface area contributed by atoms with E-state index in [0.29, 0.717) is 11.4 Å². The maximum atomic E-state index is 10.3. The molecule has 0 saturated carbocycles. The average Bonchev–Trinajstić information content (AvgIpc) is 2.82. The summed E-state index contributed by atoms with van der Waals surface area (Å²) in [4.78, 5) is 0. The van der Waals surface area contributed by atoms with E-state index in [1.54, 1.807) is 0 Å². The molecule has 0 saturated heterocycles. The van der Waals surface area contributed by atoms with Gasteiger partial charge in [-0.25, -0.2) is 0 Å². The highest BCUT2D eigenvalue weighted by Gasteiger charge is 2.43. The zero-order valence-electron chi connectivity index (χ0n) is 15.1. The lowest BCUT2D eigenvalue weighted by Crippen LogP contribution is -2.25. The van der Waals surface area contributed by atoms with Crippen LogP contribution in [0.4, 0.5) is 11.4 Å². The molecule has 0 unspecified atom stereocenters. The molecule has 1 aliphatic carbocycles. The number of benzene rings is 2. The number of hydrogen-bond acceptors (Lipinski definition) is 4. The molecule has 0 bridgehead atoms. The van der Waals surface area contributed by atoms with Crippen LogP contribution in [0, 0.1) is 0 Å². The second-order valence-corrected chi connectivity index (χ2v) is 7.20. The molecule has 1 aliphatic rings. The minimum atomic E-state index is -0.201. The van der Waals surface area contributed by atoms with Crippen LogP contribution in [-0.4, -0.2) is 10.2 Å². The lowest BCUT2D eigenvalue weighted by atomic mass is 9.70. The number of nitrogens with two attached hydrogens (primary N) is 2. The van der Waals surface area contributed by atoms with Crippen LogP contribution in [0.1, 0.15) is 63.5 Å². The highest BCUT2D eigenvalue weighted by atomic mass is 16.3. The summed E-state index contributed by atoms with van der Waals surface area (Å²) < 4.78 is 0. The number of unbranched alkanes of at least 4 members (excludes halogenated alkanes) is 2. The van der Waals surface area contributed by atoms with Crippen LogP contribution >= 0.6 is 0 Å². The molecule has 0 heterocycles. The molecule has 0 amide bonds. The van der Waals surface area contributed by atoms with Crippen molar-refractivity contribution in [3.63, 3.8) is 0 Å². The van der Waals surface area contributed by atoms with Crippen molar-refractivity contribution < 1.29 is 10.2 Å². The van der Waals surface area contributed by atoms with Crippen LogP contribution < -0.4 is 11.5 Å². The number of phenols is 2. The van der Waals surface area contributed by atoms with Gasteiger partial charge in [-0.05, 0) is 59.4 Å². The quantitative estimate of drug-likeness (QED) is 0.444. The van der Waals surface area contributed by atoms with Crippen molar-refractivity contribution >= 4 is 11.4 Å². The molecule has 0 aliphatic heterocycles. The molecule has 4 nitrogen and oxygen atoms in total. The number of fused-ring (bicyclic) bond motifs is 3. The van der Waals surface area contributed by atoms with Gasteiger partial charge in [0, 0.05) is 5.41 Å². The standard InChI is InChI=1S/C21H28N2O2/c1-3-5-7-21(8-6-4-2)15-11-19(24)17(22)9-13(15)14-10-18(23)20(25)12-16(14)21/h9-12,24-25H,3-8,22-23H2,1-2H3. The summed E-state index contributed by atoms with van der Waals surface area (Å²) in [5.41, 5.74) is 16.8. The number of nitrogen functional groups attached to an aromatic ring is 2. The molecular formula is C21H28N2O2. The van der Waals surface area contributed by atoms with E-state index in [9.17, 15) is 10.2 Å². The molecule has 0 aromatic heterocycles. The molecule has 134 valence electrons. The van der Waals surface area contributed by atoms with Gasteiger partial charge >= 0.3 is 0 Å². The van der Waals surface area contributed by atoms with Crippen LogP contribution in [0.2, 0.25) is 0 Å². The summed E-state index contributed by atoms with van der Waals surface area (Å²) in [6, 6.07) is 7.34. The summed E-state index contributed by atoms with van der Waals surface area (Å²) in [5.74, 6) is 0.252. The predicted octanol–water partition coefficient (Wildman–Crippen LogP) is 4.91. The van der Waals surface area contributed by atoms with Crippen LogP contribution in [0.5, 0.6) is 11.5 Å². The predicted molar refractivity (Wildman–Crippen MR) is 104 cm³/mol. The van der Waals surface area contributed by atoms with Crippen molar-refractivity contribution in [1.29, 1.82) is 0 Å². The third-order valence-corrected chi connectivity index (χ3v) is 5.57. The Morgan fingerprint density at radius 2 is 1.16 bits per heavy atom. The molecular weight excluding hydrogens is 312 g/mol. The van der Waals surface area contributed by atoms with Gasteiger partial charge in [0.15, 0.2) is 0 Å². The smallest absolute Gasteiger partial charge is 0.138 e. The number of phenolic OH excluding ortho intramolecular Hbond substituents is 2. The van der Waals surface area contributed by atoms with E-state index in [0.717, 1.165) is 60.8 Å². The van der Waals surface area contributed by atoms with E-state index in [1.807, 2.05) is 24.3 Å². The minimum Gasteiger partial charge on any atom is -0.506 e. The van der Waals surface area contributed by atoms with Gasteiger partial charge in [0.2, 0.25) is 0 Å². The zero-order chi connectivity index (χ0) is 18.2. The van der Waals surface area contributed by atoms with Crippen LogP contribution in [0.15, 0.2) is 24.3 Å². The summed E-state index contributed by atoms with van der Waals surface area (Å²) >= 11 is 0. The molecule has 0 radical (unpaired) electrons. The van der Waals surface area contributed by atoms with Gasteiger partial charge in [-0.2, -0.15) is 0 Å². The van der Waals surface area contributed by atoms with Crippen molar-refractivity contribution in [1.82, 2.24) is 0 Å². The van der Waals surface area contributed by atoms with E-state index >= 15 is 0 Å². The first-order valence-electron chi connectivity index (χ1n) is 9.21. The van der Waals surface area contributed by atoms with Crippen LogP contribution in [0.3, 0.4) is 0 Å². The van der Waals surface area contributed by atoms with E-state index in [1.165, 1.54) is 0 Å². The number of hydrogen-bond donors (Lipinski definition) is 4. The van der Waals surface area contributed by atoms with Crippen molar-refractivity contribution in [3.05, 3.63) is 35.4 Å². The third kappa shape index (κ3) is 2.70. The van der Waals surface area contributed by atoms with Crippen molar-refractivity contribution in [2.75, 3.05) is 11.5 Å². The summed E-state index contributed by atoms with van der Waals surface area (Å²) in [6.07, 6.45) is 6.32. The van der Waals surface area contributed by atoms with Gasteiger partial charge in [0.25, 0.3) is 0 Å². The lowest BCUT2D eigenvalue weighted by Gasteiger charge is -2.33. The maximum absolute atomic E-state index is 10.3. The van der Waals surface area contributed by atoms with Crippen LogP contribution in [0.25, 0.3) is 11.1 Å². The maximum Gasteiger partial charge on any atom is 0.138 e. The fourth-order valence-electron chi connectivity index (χ4n) is 4.21. The highest BCUT2D eigenvalue weighted by Crippen LogP contribution is 2.57. The topological polar surface area (TPSA) is 92.5 Å². The Labute approximate surface area is 149 Å². The second-order valence-electron chi connectivity index (χ2n) is 7.20. The fraction of sp³-hybridized carbons (Fsp3) is 0.429. The average molecular weight is 340 g/mol. The lowest BCUT2D eigenvalue weighted by molar-refractivity contribution is 0.408. The molecule has 3 rings (SSSR count). The molecule has 2 aromatic carbocycles. The van der Waals surface area contributed by atoms with Gasteiger partial charge in [-0.3, -0.25) is 0 Å². The number of anilines is 2. The first-order valence-corrected chi connectivity index (χ1v) is 9.21. The van der Waals surface area contributed by atoms with Gasteiger partial charge in [0.05, 0.1) is 11.4 Å². The van der Waals surface area contributed by atoms with Crippen molar-refractivity contribution in [2.45, 2.75) is 57.8 Å². The Hall–Kier alpha value is -2.36. The summed E-state index contributed by atoms with van der Waals surface area (Å²) in [5, 5.41) is 20.5.